The summed E-state index contributed by atoms with van der Waals surface area (Å²) in [4.78, 5) is 27.4. The molecule has 2 aliphatic rings. The summed E-state index contributed by atoms with van der Waals surface area (Å²) in [6.07, 6.45) is 5.52. The number of nitrogens with one attached hydrogen (secondary N) is 2. The van der Waals surface area contributed by atoms with Gasteiger partial charge in [-0.1, -0.05) is 24.3 Å². The second kappa shape index (κ2) is 9.80. The molecule has 5 rings (SSSR count). The Bertz CT molecular complexity index is 1110. The summed E-state index contributed by atoms with van der Waals surface area (Å²) in [6, 6.07) is 10.7. The molecule has 2 aromatic heterocycles. The number of carbonyl (C=O) groups excluding carboxylic acids is 1. The molecule has 2 saturated heterocycles. The Morgan fingerprint density at radius 1 is 1.18 bits per heavy atom. The van der Waals surface area contributed by atoms with Crippen molar-refractivity contribution < 1.29 is 9.53 Å². The molecule has 0 bridgehead atoms. The van der Waals surface area contributed by atoms with E-state index in [9.17, 15) is 4.79 Å². The molecule has 2 aliphatic heterocycles. The zero-order valence-corrected chi connectivity index (χ0v) is 19.0. The Hall–Kier alpha value is -3.10. The molecule has 4 heterocycles. The average molecular weight is 447 g/mol. The van der Waals surface area contributed by atoms with Gasteiger partial charge < -0.3 is 20.3 Å². The van der Waals surface area contributed by atoms with Crippen molar-refractivity contribution in [2.24, 2.45) is 0 Å². The van der Waals surface area contributed by atoms with E-state index in [4.69, 9.17) is 9.72 Å². The van der Waals surface area contributed by atoms with Crippen LogP contribution in [0.4, 0.5) is 5.82 Å². The first-order valence-electron chi connectivity index (χ1n) is 11.7. The number of piperidine rings is 1. The first-order chi connectivity index (χ1) is 16.2. The maximum Gasteiger partial charge on any atom is 0.219 e. The van der Waals surface area contributed by atoms with Gasteiger partial charge in [0.2, 0.25) is 5.91 Å². The second-order valence-electron chi connectivity index (χ2n) is 8.76. The molecule has 1 amide bonds. The third-order valence-electron chi connectivity index (χ3n) is 6.58. The fourth-order valence-corrected chi connectivity index (χ4v) is 4.66. The summed E-state index contributed by atoms with van der Waals surface area (Å²) in [5, 5.41) is 6.79. The highest BCUT2D eigenvalue weighted by molar-refractivity contribution is 5.88. The number of anilines is 1. The molecule has 8 heteroatoms. The van der Waals surface area contributed by atoms with Gasteiger partial charge in [-0.2, -0.15) is 0 Å². The minimum atomic E-state index is 0.102. The van der Waals surface area contributed by atoms with Crippen LogP contribution < -0.4 is 10.6 Å². The van der Waals surface area contributed by atoms with E-state index in [1.807, 2.05) is 11.0 Å². The Morgan fingerprint density at radius 2 is 1.97 bits per heavy atom. The first-order valence-corrected chi connectivity index (χ1v) is 11.7. The van der Waals surface area contributed by atoms with Crippen molar-refractivity contribution in [2.45, 2.75) is 31.8 Å². The minimum Gasteiger partial charge on any atom is -0.374 e. The Labute approximate surface area is 193 Å². The molecule has 1 unspecified atom stereocenters. The van der Waals surface area contributed by atoms with Crippen molar-refractivity contribution in [1.82, 2.24) is 25.2 Å². The van der Waals surface area contributed by atoms with E-state index in [1.54, 1.807) is 19.3 Å². The zero-order chi connectivity index (χ0) is 22.6. The summed E-state index contributed by atoms with van der Waals surface area (Å²) in [6.45, 7) is 6.42. The number of fused-ring (bicyclic) bond motifs is 1. The van der Waals surface area contributed by atoms with Crippen LogP contribution in [0.5, 0.6) is 0 Å². The standard InChI is InChI=1S/C25H30N6O2/c1-17(32)31-11-6-19(7-12-31)18-2-4-20(5-3-18)22-14-23-24(28-9-8-27-23)25(30-22)29-16-21-15-26-10-13-33-21/h2-5,8-9,14,19,21,26H,6-7,10-13,15-16H2,1H3,(H,29,30). The maximum atomic E-state index is 11.6. The number of aromatic nitrogens is 3. The van der Waals surface area contributed by atoms with E-state index in [0.717, 1.165) is 73.7 Å². The van der Waals surface area contributed by atoms with Gasteiger partial charge in [-0.3, -0.25) is 9.78 Å². The van der Waals surface area contributed by atoms with Crippen LogP contribution in [0.25, 0.3) is 22.3 Å². The largest absolute Gasteiger partial charge is 0.374 e. The lowest BCUT2D eigenvalue weighted by Crippen LogP contribution is -2.42. The van der Waals surface area contributed by atoms with Crippen LogP contribution >= 0.6 is 0 Å². The number of carbonyl (C=O) groups is 1. The minimum absolute atomic E-state index is 0.102. The third-order valence-corrected chi connectivity index (χ3v) is 6.58. The topological polar surface area (TPSA) is 92.3 Å². The van der Waals surface area contributed by atoms with Crippen LogP contribution in [0.1, 0.15) is 31.2 Å². The van der Waals surface area contributed by atoms with Crippen molar-refractivity contribution in [3.63, 3.8) is 0 Å². The first kappa shape index (κ1) is 21.7. The van der Waals surface area contributed by atoms with E-state index in [0.29, 0.717) is 12.5 Å². The van der Waals surface area contributed by atoms with Crippen molar-refractivity contribution in [1.29, 1.82) is 0 Å². The number of hydrogen-bond donors (Lipinski definition) is 2. The van der Waals surface area contributed by atoms with E-state index >= 15 is 0 Å². The van der Waals surface area contributed by atoms with Gasteiger partial charge in [-0.15, -0.1) is 0 Å². The Balaban J connectivity index is 1.35. The quantitative estimate of drug-likeness (QED) is 0.623. The predicted molar refractivity (Wildman–Crippen MR) is 128 cm³/mol. The number of benzene rings is 1. The number of ether oxygens (including phenoxy) is 1. The van der Waals surface area contributed by atoms with Gasteiger partial charge in [-0.05, 0) is 30.4 Å². The molecular formula is C25H30N6O2. The molecule has 0 saturated carbocycles. The van der Waals surface area contributed by atoms with Crippen LogP contribution in [0.15, 0.2) is 42.7 Å². The van der Waals surface area contributed by atoms with E-state index in [-0.39, 0.29) is 12.0 Å². The molecule has 0 spiro atoms. The van der Waals surface area contributed by atoms with Gasteiger partial charge in [0.25, 0.3) is 0 Å². The summed E-state index contributed by atoms with van der Waals surface area (Å²) in [7, 11) is 0. The highest BCUT2D eigenvalue weighted by Gasteiger charge is 2.22. The molecule has 1 aromatic carbocycles. The van der Waals surface area contributed by atoms with Gasteiger partial charge >= 0.3 is 0 Å². The number of rotatable bonds is 5. The smallest absolute Gasteiger partial charge is 0.219 e. The predicted octanol–water partition coefficient (Wildman–Crippen LogP) is 2.82. The summed E-state index contributed by atoms with van der Waals surface area (Å²) in [5.41, 5.74) is 4.81. The number of pyridine rings is 1. The van der Waals surface area contributed by atoms with Crippen LogP contribution in [-0.2, 0) is 9.53 Å². The summed E-state index contributed by atoms with van der Waals surface area (Å²) in [5.74, 6) is 1.39. The molecule has 33 heavy (non-hydrogen) atoms. The molecule has 172 valence electrons. The molecule has 1 atom stereocenters. The van der Waals surface area contributed by atoms with Gasteiger partial charge in [0.05, 0.1) is 23.9 Å². The van der Waals surface area contributed by atoms with Crippen LogP contribution in [0, 0.1) is 0 Å². The fraction of sp³-hybridized carbons (Fsp3) is 0.440. The van der Waals surface area contributed by atoms with Gasteiger partial charge in [0.15, 0.2) is 5.82 Å². The zero-order valence-electron chi connectivity index (χ0n) is 19.0. The third kappa shape index (κ3) is 4.96. The lowest BCUT2D eigenvalue weighted by molar-refractivity contribution is -0.129. The molecule has 3 aromatic rings. The highest BCUT2D eigenvalue weighted by Crippen LogP contribution is 2.31. The molecule has 2 fully saturated rings. The van der Waals surface area contributed by atoms with Crippen molar-refractivity contribution in [2.75, 3.05) is 44.6 Å². The number of nitrogens with zero attached hydrogens (tertiary/aromatic N) is 4. The van der Waals surface area contributed by atoms with Crippen molar-refractivity contribution in [3.05, 3.63) is 48.3 Å². The summed E-state index contributed by atoms with van der Waals surface area (Å²) >= 11 is 0. The SMILES string of the molecule is CC(=O)N1CCC(c2ccc(-c3cc4nccnc4c(NCC4CNCCO4)n3)cc2)CC1. The van der Waals surface area contributed by atoms with E-state index < -0.39 is 0 Å². The fourth-order valence-electron chi connectivity index (χ4n) is 4.66. The van der Waals surface area contributed by atoms with E-state index in [1.165, 1.54) is 5.56 Å². The van der Waals surface area contributed by atoms with Crippen LogP contribution in [0.2, 0.25) is 0 Å². The number of amides is 1. The normalized spacial score (nSPS) is 19.5. The van der Waals surface area contributed by atoms with Gasteiger partial charge in [0, 0.05) is 57.6 Å². The monoisotopic (exact) mass is 446 g/mol. The maximum absolute atomic E-state index is 11.6. The Morgan fingerprint density at radius 3 is 2.70 bits per heavy atom. The lowest BCUT2D eigenvalue weighted by Gasteiger charge is -2.31. The van der Waals surface area contributed by atoms with Crippen LogP contribution in [0.3, 0.4) is 0 Å². The Kier molecular flexibility index (Phi) is 6.46. The van der Waals surface area contributed by atoms with E-state index in [2.05, 4.69) is 44.9 Å². The van der Waals surface area contributed by atoms with Crippen molar-refractivity contribution >= 4 is 22.8 Å². The van der Waals surface area contributed by atoms with Gasteiger partial charge in [-0.25, -0.2) is 9.97 Å². The molecule has 0 radical (unpaired) electrons. The highest BCUT2D eigenvalue weighted by atomic mass is 16.5. The van der Waals surface area contributed by atoms with Gasteiger partial charge in [0.1, 0.15) is 5.52 Å². The second-order valence-corrected chi connectivity index (χ2v) is 8.76. The summed E-state index contributed by atoms with van der Waals surface area (Å²) < 4.78 is 5.81. The molecular weight excluding hydrogens is 416 g/mol. The lowest BCUT2D eigenvalue weighted by atomic mass is 9.89. The number of morpholine rings is 1. The molecule has 8 nitrogen and oxygen atoms in total. The number of hydrogen-bond acceptors (Lipinski definition) is 7. The van der Waals surface area contributed by atoms with Crippen molar-refractivity contribution in [3.8, 4) is 11.3 Å². The van der Waals surface area contributed by atoms with Crippen LogP contribution in [-0.4, -0.2) is 71.2 Å². The molecule has 0 aliphatic carbocycles. The molecule has 2 N–H and O–H groups in total. The average Bonchev–Trinajstić information content (AvgIpc) is 2.88. The number of likely N-dealkylation sites (tertiary alicyclic amines) is 1.